The fourth-order valence-corrected chi connectivity index (χ4v) is 2.60. The summed E-state index contributed by atoms with van der Waals surface area (Å²) >= 11 is 6.56. The monoisotopic (exact) mass is 331 g/mol. The number of benzene rings is 2. The van der Waals surface area contributed by atoms with E-state index in [4.69, 9.17) is 16.3 Å². The van der Waals surface area contributed by atoms with Crippen molar-refractivity contribution in [1.29, 1.82) is 0 Å². The Morgan fingerprint density at radius 1 is 1.00 bits per heavy atom. The number of esters is 1. The quantitative estimate of drug-likeness (QED) is 0.412. The zero-order chi connectivity index (χ0) is 16.5. The van der Waals surface area contributed by atoms with E-state index in [-0.39, 0.29) is 11.5 Å². The Morgan fingerprint density at radius 3 is 1.91 bits per heavy atom. The van der Waals surface area contributed by atoms with Crippen LogP contribution in [0.2, 0.25) is 0 Å². The van der Waals surface area contributed by atoms with Crippen molar-refractivity contribution >= 4 is 17.6 Å². The highest BCUT2D eigenvalue weighted by molar-refractivity contribution is 6.20. The summed E-state index contributed by atoms with van der Waals surface area (Å²) in [6, 6.07) is 20.5. The maximum atomic E-state index is 10.9. The van der Waals surface area contributed by atoms with Gasteiger partial charge in [0.2, 0.25) is 0 Å². The number of carbonyl (C=O) groups excluding carboxylic acids is 1. The molecule has 23 heavy (non-hydrogen) atoms. The van der Waals surface area contributed by atoms with E-state index in [2.05, 4.69) is 29.2 Å². The van der Waals surface area contributed by atoms with Crippen LogP contribution in [0.4, 0.5) is 0 Å². The predicted octanol–water partition coefficient (Wildman–Crippen LogP) is 4.21. The van der Waals surface area contributed by atoms with E-state index in [1.807, 2.05) is 36.4 Å². The number of ether oxygens (including phenoxy) is 1. The number of carbonyl (C=O) groups is 1. The highest BCUT2D eigenvalue weighted by atomic mass is 35.5. The minimum absolute atomic E-state index is 0.199. The van der Waals surface area contributed by atoms with Crippen molar-refractivity contribution in [3.05, 3.63) is 71.8 Å². The van der Waals surface area contributed by atoms with Gasteiger partial charge >= 0.3 is 5.97 Å². The molecule has 0 saturated heterocycles. The second kappa shape index (κ2) is 9.33. The Hall–Kier alpha value is -1.84. The van der Waals surface area contributed by atoms with Gasteiger partial charge in [-0.15, -0.1) is 11.6 Å². The molecule has 0 aromatic heterocycles. The first-order valence-electron chi connectivity index (χ1n) is 7.74. The fourth-order valence-electron chi connectivity index (χ4n) is 2.37. The van der Waals surface area contributed by atoms with Crippen LogP contribution >= 0.6 is 11.6 Å². The van der Waals surface area contributed by atoms with Crippen molar-refractivity contribution in [3.8, 4) is 0 Å². The SMILES string of the molecule is CC(=O)OCCC(Cl)N(Cc1ccccc1)Cc1ccccc1. The first-order chi connectivity index (χ1) is 11.1. The van der Waals surface area contributed by atoms with Gasteiger partial charge in [-0.25, -0.2) is 0 Å². The van der Waals surface area contributed by atoms with Crippen LogP contribution in [0, 0.1) is 0 Å². The smallest absolute Gasteiger partial charge is 0.302 e. The Morgan fingerprint density at radius 2 is 1.48 bits per heavy atom. The molecule has 0 N–H and O–H groups in total. The zero-order valence-corrected chi connectivity index (χ0v) is 14.1. The summed E-state index contributed by atoms with van der Waals surface area (Å²) in [6.07, 6.45) is 0.598. The van der Waals surface area contributed by atoms with Gasteiger partial charge in [0.15, 0.2) is 0 Å². The molecule has 0 aliphatic carbocycles. The van der Waals surface area contributed by atoms with Gasteiger partial charge in [0.25, 0.3) is 0 Å². The van der Waals surface area contributed by atoms with Gasteiger partial charge in [0.1, 0.15) is 0 Å². The normalized spacial score (nSPS) is 12.1. The Labute approximate surface area is 142 Å². The lowest BCUT2D eigenvalue weighted by Crippen LogP contribution is -2.31. The Bertz CT molecular complexity index is 547. The van der Waals surface area contributed by atoms with E-state index in [1.54, 1.807) is 0 Å². The van der Waals surface area contributed by atoms with Crippen molar-refractivity contribution in [3.63, 3.8) is 0 Å². The molecule has 3 nitrogen and oxygen atoms in total. The summed E-state index contributed by atoms with van der Waals surface area (Å²) in [5, 5.41) is 0. The molecule has 0 radical (unpaired) electrons. The van der Waals surface area contributed by atoms with Gasteiger partial charge in [-0.2, -0.15) is 0 Å². The zero-order valence-electron chi connectivity index (χ0n) is 13.3. The molecule has 122 valence electrons. The summed E-state index contributed by atoms with van der Waals surface area (Å²) in [6.45, 7) is 3.26. The number of hydrogen-bond donors (Lipinski definition) is 0. The second-order valence-electron chi connectivity index (χ2n) is 5.44. The predicted molar refractivity (Wildman–Crippen MR) is 93.0 cm³/mol. The maximum Gasteiger partial charge on any atom is 0.302 e. The third-order valence-corrected chi connectivity index (χ3v) is 4.01. The summed E-state index contributed by atoms with van der Waals surface area (Å²) in [7, 11) is 0. The van der Waals surface area contributed by atoms with Crippen molar-refractivity contribution < 1.29 is 9.53 Å². The number of nitrogens with zero attached hydrogens (tertiary/aromatic N) is 1. The lowest BCUT2D eigenvalue weighted by molar-refractivity contribution is -0.141. The van der Waals surface area contributed by atoms with E-state index in [0.717, 1.165) is 13.1 Å². The molecule has 0 aliphatic rings. The van der Waals surface area contributed by atoms with E-state index < -0.39 is 0 Å². The molecule has 0 fully saturated rings. The lowest BCUT2D eigenvalue weighted by Gasteiger charge is -2.27. The van der Waals surface area contributed by atoms with Crippen molar-refractivity contribution in [2.24, 2.45) is 0 Å². The molecule has 0 amide bonds. The van der Waals surface area contributed by atoms with Gasteiger partial charge in [0.05, 0.1) is 12.1 Å². The highest BCUT2D eigenvalue weighted by Gasteiger charge is 2.17. The van der Waals surface area contributed by atoms with Crippen LogP contribution < -0.4 is 0 Å². The van der Waals surface area contributed by atoms with Gasteiger partial charge in [-0.05, 0) is 11.1 Å². The number of halogens is 1. The van der Waals surface area contributed by atoms with Crippen LogP contribution in [0.5, 0.6) is 0 Å². The number of hydrogen-bond acceptors (Lipinski definition) is 3. The van der Waals surface area contributed by atoms with Crippen LogP contribution in [0.1, 0.15) is 24.5 Å². The molecule has 2 aromatic rings. The first-order valence-corrected chi connectivity index (χ1v) is 8.18. The van der Waals surface area contributed by atoms with Crippen LogP contribution in [0.25, 0.3) is 0 Å². The number of alkyl halides is 1. The average molecular weight is 332 g/mol. The topological polar surface area (TPSA) is 29.5 Å². The Balaban J connectivity index is 2.02. The van der Waals surface area contributed by atoms with Crippen molar-refractivity contribution in [2.75, 3.05) is 6.61 Å². The highest BCUT2D eigenvalue weighted by Crippen LogP contribution is 2.18. The van der Waals surface area contributed by atoms with Gasteiger partial charge in [0, 0.05) is 26.4 Å². The molecule has 2 aromatic carbocycles. The molecule has 0 bridgehead atoms. The third-order valence-electron chi connectivity index (χ3n) is 3.51. The minimum Gasteiger partial charge on any atom is -0.466 e. The maximum absolute atomic E-state index is 10.9. The summed E-state index contributed by atoms with van der Waals surface area (Å²) in [5.41, 5.74) is 2.22. The molecule has 0 saturated carbocycles. The molecule has 1 atom stereocenters. The van der Waals surface area contributed by atoms with E-state index >= 15 is 0 Å². The van der Waals surface area contributed by atoms with Gasteiger partial charge < -0.3 is 4.74 Å². The Kier molecular flexibility index (Phi) is 7.11. The van der Waals surface area contributed by atoms with E-state index in [1.165, 1.54) is 18.1 Å². The molecular weight excluding hydrogens is 310 g/mol. The molecule has 4 heteroatoms. The largest absolute Gasteiger partial charge is 0.466 e. The van der Waals surface area contributed by atoms with Crippen molar-refractivity contribution in [2.45, 2.75) is 31.9 Å². The second-order valence-corrected chi connectivity index (χ2v) is 5.94. The molecule has 2 rings (SSSR count). The van der Waals surface area contributed by atoms with E-state index in [9.17, 15) is 4.79 Å². The number of rotatable bonds is 8. The first kappa shape index (κ1) is 17.5. The molecule has 0 aliphatic heterocycles. The van der Waals surface area contributed by atoms with Gasteiger partial charge in [-0.3, -0.25) is 9.69 Å². The standard InChI is InChI=1S/C19H22ClNO2/c1-16(22)23-13-12-19(20)21(14-17-8-4-2-5-9-17)15-18-10-6-3-7-11-18/h2-11,19H,12-15H2,1H3. The van der Waals surface area contributed by atoms with Crippen LogP contribution in [0.3, 0.4) is 0 Å². The fraction of sp³-hybridized carbons (Fsp3) is 0.316. The van der Waals surface area contributed by atoms with Crippen molar-refractivity contribution in [1.82, 2.24) is 4.90 Å². The molecule has 1 unspecified atom stereocenters. The van der Waals surface area contributed by atoms with Crippen LogP contribution in [-0.2, 0) is 22.6 Å². The molecule has 0 heterocycles. The summed E-state index contributed by atoms with van der Waals surface area (Å²) < 4.78 is 5.01. The molecule has 0 spiro atoms. The van der Waals surface area contributed by atoms with Crippen LogP contribution in [0.15, 0.2) is 60.7 Å². The average Bonchev–Trinajstić information content (AvgIpc) is 2.56. The van der Waals surface area contributed by atoms with Crippen LogP contribution in [-0.4, -0.2) is 23.0 Å². The third kappa shape index (κ3) is 6.43. The summed E-state index contributed by atoms with van der Waals surface area (Å²) in [5.74, 6) is -0.272. The minimum atomic E-state index is -0.272. The van der Waals surface area contributed by atoms with Gasteiger partial charge in [-0.1, -0.05) is 60.7 Å². The van der Waals surface area contributed by atoms with E-state index in [0.29, 0.717) is 13.0 Å². The summed E-state index contributed by atoms with van der Waals surface area (Å²) in [4.78, 5) is 13.1. The molecular formula is C19H22ClNO2. The lowest BCUT2D eigenvalue weighted by atomic mass is 10.1.